The summed E-state index contributed by atoms with van der Waals surface area (Å²) in [6, 6.07) is 5.22. The normalized spacial score (nSPS) is 9.36. The van der Waals surface area contributed by atoms with E-state index in [0.717, 1.165) is 0 Å². The number of carbonyl (C=O) groups is 2. The van der Waals surface area contributed by atoms with Crippen molar-refractivity contribution in [2.24, 2.45) is 0 Å². The second-order valence-electron chi connectivity index (χ2n) is 4.83. The maximum absolute atomic E-state index is 10.4. The van der Waals surface area contributed by atoms with Crippen LogP contribution >= 0.6 is 0 Å². The number of carboxylic acid groups (broad SMARTS) is 2. The van der Waals surface area contributed by atoms with Crippen LogP contribution < -0.4 is 10.2 Å². The van der Waals surface area contributed by atoms with Gasteiger partial charge in [0.2, 0.25) is 0 Å². The molecule has 2 aromatic rings. The first-order chi connectivity index (χ1) is 11.1. The van der Waals surface area contributed by atoms with Crippen molar-refractivity contribution in [3.63, 3.8) is 0 Å². The van der Waals surface area contributed by atoms with Gasteiger partial charge in [0.25, 0.3) is 0 Å². The molecule has 0 bridgehead atoms. The van der Waals surface area contributed by atoms with Gasteiger partial charge in [0.15, 0.2) is 23.0 Å². The van der Waals surface area contributed by atoms with Gasteiger partial charge in [0.1, 0.15) is 0 Å². The summed E-state index contributed by atoms with van der Waals surface area (Å²) < 4.78 is 0. The summed E-state index contributed by atoms with van der Waals surface area (Å²) in [5.41, 5.74) is -0.0272. The molecule has 0 radical (unpaired) electrons. The quantitative estimate of drug-likeness (QED) is 0.394. The van der Waals surface area contributed by atoms with Gasteiger partial charge in [-0.1, -0.05) is 12.1 Å². The fourth-order valence-electron chi connectivity index (χ4n) is 1.88. The number of rotatable bonds is 2. The van der Waals surface area contributed by atoms with Gasteiger partial charge in [-0.25, -0.2) is 0 Å². The monoisotopic (exact) mass is 392 g/mol. The molecule has 8 nitrogen and oxygen atoms in total. The topological polar surface area (TPSA) is 161 Å². The van der Waals surface area contributed by atoms with Crippen molar-refractivity contribution >= 4 is 11.9 Å². The summed E-state index contributed by atoms with van der Waals surface area (Å²) >= 11 is 0. The van der Waals surface area contributed by atoms with E-state index in [0.29, 0.717) is 11.1 Å². The number of hydrogen-bond donors (Lipinski definition) is 4. The molecule has 0 aromatic heterocycles. The third-order valence-corrected chi connectivity index (χ3v) is 3.14. The second kappa shape index (κ2) is 8.79. The van der Waals surface area contributed by atoms with Crippen LogP contribution in [0.5, 0.6) is 23.0 Å². The van der Waals surface area contributed by atoms with Gasteiger partial charge < -0.3 is 40.2 Å². The number of carboxylic acids is 2. The number of hydrogen-bond acceptors (Lipinski definition) is 8. The zero-order valence-corrected chi connectivity index (χ0v) is 14.0. The standard InChI is InChI=1S/2C8H8O4.Ni/c2*1-4-2-3-5(9)7(10)6(4)8(11)12;/h2*2-3,9-10H,1H3,(H,11,12);/q;;+2/p-2. The summed E-state index contributed by atoms with van der Waals surface area (Å²) in [4.78, 5) is 20.8. The fourth-order valence-corrected chi connectivity index (χ4v) is 1.88. The number of phenols is 4. The van der Waals surface area contributed by atoms with E-state index in [4.69, 9.17) is 20.4 Å². The van der Waals surface area contributed by atoms with Crippen molar-refractivity contribution in [3.8, 4) is 23.0 Å². The molecule has 136 valence electrons. The maximum Gasteiger partial charge on any atom is 2.00 e. The first-order valence-corrected chi connectivity index (χ1v) is 6.53. The fraction of sp³-hybridized carbons (Fsp3) is 0.125. The van der Waals surface area contributed by atoms with Gasteiger partial charge in [-0.05, 0) is 37.1 Å². The van der Waals surface area contributed by atoms with E-state index in [1.54, 1.807) is 0 Å². The average molecular weight is 393 g/mol. The van der Waals surface area contributed by atoms with Gasteiger partial charge in [-0.2, -0.15) is 0 Å². The summed E-state index contributed by atoms with van der Waals surface area (Å²) in [7, 11) is 0. The van der Waals surface area contributed by atoms with Gasteiger partial charge in [0, 0.05) is 11.1 Å². The van der Waals surface area contributed by atoms with E-state index in [1.165, 1.54) is 38.1 Å². The number of carbonyl (C=O) groups excluding carboxylic acids is 2. The summed E-state index contributed by atoms with van der Waals surface area (Å²) in [6.07, 6.45) is 0. The molecule has 25 heavy (non-hydrogen) atoms. The van der Waals surface area contributed by atoms with Gasteiger partial charge >= 0.3 is 16.5 Å². The Labute approximate surface area is 152 Å². The Morgan fingerprint density at radius 2 is 1.00 bits per heavy atom. The molecule has 0 aliphatic heterocycles. The van der Waals surface area contributed by atoms with Crippen LogP contribution in [0.15, 0.2) is 24.3 Å². The van der Waals surface area contributed by atoms with E-state index in [1.807, 2.05) is 0 Å². The molecule has 0 aliphatic rings. The molecule has 0 unspecified atom stereocenters. The Bertz CT molecular complexity index is 734. The molecule has 0 saturated heterocycles. The largest absolute Gasteiger partial charge is 2.00 e. The van der Waals surface area contributed by atoms with Crippen LogP contribution in [0.4, 0.5) is 0 Å². The average Bonchev–Trinajstić information content (AvgIpc) is 2.48. The van der Waals surface area contributed by atoms with Gasteiger partial charge in [-0.15, -0.1) is 0 Å². The Kier molecular flexibility index (Phi) is 7.76. The van der Waals surface area contributed by atoms with Gasteiger partial charge in [0.05, 0.1) is 11.9 Å². The molecule has 4 N–H and O–H groups in total. The van der Waals surface area contributed by atoms with E-state index in [-0.39, 0.29) is 27.6 Å². The van der Waals surface area contributed by atoms with E-state index >= 15 is 0 Å². The van der Waals surface area contributed by atoms with Crippen molar-refractivity contribution in [2.45, 2.75) is 13.8 Å². The second-order valence-corrected chi connectivity index (χ2v) is 4.83. The first kappa shape index (κ1) is 22.1. The summed E-state index contributed by atoms with van der Waals surface area (Å²) in [5, 5.41) is 56.8. The van der Waals surface area contributed by atoms with Crippen molar-refractivity contribution in [3.05, 3.63) is 46.5 Å². The maximum atomic E-state index is 10.4. The van der Waals surface area contributed by atoms with Crippen LogP contribution in [0.3, 0.4) is 0 Å². The van der Waals surface area contributed by atoms with Crippen LogP contribution in [0.2, 0.25) is 0 Å². The van der Waals surface area contributed by atoms with Crippen LogP contribution in [-0.4, -0.2) is 32.4 Å². The van der Waals surface area contributed by atoms with Crippen molar-refractivity contribution in [1.29, 1.82) is 0 Å². The van der Waals surface area contributed by atoms with Crippen molar-refractivity contribution in [1.82, 2.24) is 0 Å². The number of aromatic carboxylic acids is 2. The number of aromatic hydroxyl groups is 4. The summed E-state index contributed by atoms with van der Waals surface area (Å²) in [5.74, 6) is -5.20. The minimum absolute atomic E-state index is 0. The summed E-state index contributed by atoms with van der Waals surface area (Å²) in [6.45, 7) is 3.01. The predicted octanol–water partition coefficient (Wildman–Crippen LogP) is -0.463. The SMILES string of the molecule is Cc1ccc(O)c(O)c1C(=O)[O-].Cc1ccc(O)c(O)c1C(=O)[O-].[Ni+2]. The molecule has 0 heterocycles. The molecule has 0 saturated carbocycles. The minimum Gasteiger partial charge on any atom is -0.545 e. The Balaban J connectivity index is 0.000000443. The Hall–Kier alpha value is -2.93. The van der Waals surface area contributed by atoms with E-state index in [2.05, 4.69) is 0 Å². The minimum atomic E-state index is -1.50. The van der Waals surface area contributed by atoms with E-state index in [9.17, 15) is 19.8 Å². The molecule has 2 aromatic carbocycles. The molecule has 0 spiro atoms. The molecule has 2 rings (SSSR count). The molecular formula is C16H14NiO8. The van der Waals surface area contributed by atoms with E-state index < -0.39 is 34.9 Å². The van der Waals surface area contributed by atoms with Crippen LogP contribution in [0.1, 0.15) is 31.8 Å². The smallest absolute Gasteiger partial charge is 0.545 e. The third kappa shape index (κ3) is 5.02. The zero-order valence-electron chi connectivity index (χ0n) is 13.0. The molecule has 0 amide bonds. The van der Waals surface area contributed by atoms with Crippen LogP contribution in [0, 0.1) is 13.8 Å². The van der Waals surface area contributed by atoms with Crippen LogP contribution in [-0.2, 0) is 16.5 Å². The van der Waals surface area contributed by atoms with Crippen LogP contribution in [0.25, 0.3) is 0 Å². The molecule has 0 aliphatic carbocycles. The molecule has 0 fully saturated rings. The number of aryl methyl sites for hydroxylation is 2. The Morgan fingerprint density at radius 1 is 0.720 bits per heavy atom. The number of benzene rings is 2. The Morgan fingerprint density at radius 3 is 1.20 bits per heavy atom. The predicted molar refractivity (Wildman–Crippen MR) is 77.7 cm³/mol. The third-order valence-electron chi connectivity index (χ3n) is 3.14. The number of phenolic OH excluding ortho intramolecular Hbond substituents is 2. The molecular weight excluding hydrogens is 379 g/mol. The first-order valence-electron chi connectivity index (χ1n) is 6.53. The van der Waals surface area contributed by atoms with Crippen molar-refractivity contribution < 1.29 is 56.7 Å². The molecule has 0 atom stereocenters. The van der Waals surface area contributed by atoms with Crippen molar-refractivity contribution in [2.75, 3.05) is 0 Å². The zero-order chi connectivity index (χ0) is 18.6. The molecule has 9 heteroatoms. The van der Waals surface area contributed by atoms with Gasteiger partial charge in [-0.3, -0.25) is 0 Å².